The monoisotopic (exact) mass is 156 g/mol. The van der Waals surface area contributed by atoms with Crippen LogP contribution in [-0.4, -0.2) is 11.2 Å². The van der Waals surface area contributed by atoms with Gasteiger partial charge in [0.25, 0.3) is 0 Å². The molecule has 0 amide bonds. The molecule has 0 aliphatic heterocycles. The van der Waals surface area contributed by atoms with Gasteiger partial charge in [-0.3, -0.25) is 0 Å². The van der Waals surface area contributed by atoms with Crippen LogP contribution in [0.25, 0.3) is 0 Å². The van der Waals surface area contributed by atoms with E-state index >= 15 is 0 Å². The lowest BCUT2D eigenvalue weighted by atomic mass is 9.97. The van der Waals surface area contributed by atoms with Crippen LogP contribution in [0, 0.1) is 5.92 Å². The summed E-state index contributed by atoms with van der Waals surface area (Å²) in [6.45, 7) is 7.72. The Kier molecular flexibility index (Phi) is 6.24. The molecule has 2 atom stereocenters. The van der Waals surface area contributed by atoms with Crippen LogP contribution in [0.4, 0.5) is 0 Å². The Hall–Kier alpha value is -0.300. The summed E-state index contributed by atoms with van der Waals surface area (Å²) in [7, 11) is 0. The second-order valence-corrected chi connectivity index (χ2v) is 3.14. The average molecular weight is 156 g/mol. The molecular formula is C10H20O. The van der Waals surface area contributed by atoms with Gasteiger partial charge in [0.05, 0.1) is 6.10 Å². The smallest absolute Gasteiger partial charge is 0.0574 e. The van der Waals surface area contributed by atoms with Crippen molar-refractivity contribution in [1.82, 2.24) is 0 Å². The zero-order chi connectivity index (χ0) is 8.69. The SMILES string of the molecule is C=CC(CCCCC)C(C)O. The molecule has 1 nitrogen and oxygen atoms in total. The summed E-state index contributed by atoms with van der Waals surface area (Å²) >= 11 is 0. The summed E-state index contributed by atoms with van der Waals surface area (Å²) in [5, 5.41) is 9.24. The average Bonchev–Trinajstić information content (AvgIpc) is 1.97. The Labute approximate surface area is 70.1 Å². The van der Waals surface area contributed by atoms with Gasteiger partial charge < -0.3 is 5.11 Å². The van der Waals surface area contributed by atoms with Gasteiger partial charge in [-0.15, -0.1) is 6.58 Å². The standard InChI is InChI=1S/C10H20O/c1-4-6-7-8-10(5-2)9(3)11/h5,9-11H,2,4,6-8H2,1,3H3. The third-order valence-electron chi connectivity index (χ3n) is 2.06. The molecule has 1 heteroatoms. The maximum Gasteiger partial charge on any atom is 0.0574 e. The van der Waals surface area contributed by atoms with Gasteiger partial charge in [0.1, 0.15) is 0 Å². The third-order valence-corrected chi connectivity index (χ3v) is 2.06. The second-order valence-electron chi connectivity index (χ2n) is 3.14. The number of unbranched alkanes of at least 4 members (excludes halogenated alkanes) is 2. The quantitative estimate of drug-likeness (QED) is 0.463. The molecule has 0 rings (SSSR count). The Balaban J connectivity index is 3.44. The van der Waals surface area contributed by atoms with E-state index in [0.29, 0.717) is 5.92 Å². The lowest BCUT2D eigenvalue weighted by Gasteiger charge is -2.14. The maximum atomic E-state index is 9.24. The molecule has 66 valence electrons. The van der Waals surface area contributed by atoms with Gasteiger partial charge >= 0.3 is 0 Å². The van der Waals surface area contributed by atoms with Crippen molar-refractivity contribution < 1.29 is 5.11 Å². The minimum atomic E-state index is -0.232. The second kappa shape index (κ2) is 6.41. The van der Waals surface area contributed by atoms with E-state index in [-0.39, 0.29) is 6.10 Å². The minimum Gasteiger partial charge on any atom is -0.393 e. The van der Waals surface area contributed by atoms with Crippen molar-refractivity contribution in [3.8, 4) is 0 Å². The van der Waals surface area contributed by atoms with Crippen molar-refractivity contribution in [2.24, 2.45) is 5.92 Å². The summed E-state index contributed by atoms with van der Waals surface area (Å²) in [5.41, 5.74) is 0. The van der Waals surface area contributed by atoms with E-state index in [2.05, 4.69) is 13.5 Å². The number of rotatable bonds is 6. The van der Waals surface area contributed by atoms with Gasteiger partial charge in [-0.25, -0.2) is 0 Å². The first-order valence-electron chi connectivity index (χ1n) is 4.53. The summed E-state index contributed by atoms with van der Waals surface area (Å²) in [5.74, 6) is 0.293. The van der Waals surface area contributed by atoms with E-state index in [1.54, 1.807) is 0 Å². The van der Waals surface area contributed by atoms with Gasteiger partial charge in [-0.1, -0.05) is 32.3 Å². The van der Waals surface area contributed by atoms with E-state index in [1.807, 2.05) is 13.0 Å². The number of hydrogen-bond acceptors (Lipinski definition) is 1. The highest BCUT2D eigenvalue weighted by Gasteiger charge is 2.09. The third kappa shape index (κ3) is 5.02. The largest absolute Gasteiger partial charge is 0.393 e. The molecular weight excluding hydrogens is 136 g/mol. The normalized spacial score (nSPS) is 15.9. The fourth-order valence-corrected chi connectivity index (χ4v) is 1.19. The molecule has 0 radical (unpaired) electrons. The van der Waals surface area contributed by atoms with Crippen molar-refractivity contribution in [3.05, 3.63) is 12.7 Å². The van der Waals surface area contributed by atoms with E-state index in [1.165, 1.54) is 19.3 Å². The number of hydrogen-bond donors (Lipinski definition) is 1. The topological polar surface area (TPSA) is 20.2 Å². The fraction of sp³-hybridized carbons (Fsp3) is 0.800. The highest BCUT2D eigenvalue weighted by molar-refractivity contribution is 4.82. The van der Waals surface area contributed by atoms with Crippen molar-refractivity contribution in [2.75, 3.05) is 0 Å². The molecule has 0 aromatic heterocycles. The molecule has 0 aliphatic carbocycles. The zero-order valence-corrected chi connectivity index (χ0v) is 7.71. The van der Waals surface area contributed by atoms with Crippen LogP contribution in [0.5, 0.6) is 0 Å². The Morgan fingerprint density at radius 3 is 2.45 bits per heavy atom. The molecule has 0 aromatic rings. The Bertz CT molecular complexity index is 97.0. The van der Waals surface area contributed by atoms with E-state index in [0.717, 1.165) is 6.42 Å². The molecule has 0 heterocycles. The molecule has 11 heavy (non-hydrogen) atoms. The number of aliphatic hydroxyl groups is 1. The Morgan fingerprint density at radius 2 is 2.09 bits per heavy atom. The van der Waals surface area contributed by atoms with Gasteiger partial charge in [0, 0.05) is 5.92 Å². The first kappa shape index (κ1) is 10.7. The highest BCUT2D eigenvalue weighted by Crippen LogP contribution is 2.14. The van der Waals surface area contributed by atoms with E-state index in [9.17, 15) is 5.11 Å². The summed E-state index contributed by atoms with van der Waals surface area (Å²) < 4.78 is 0. The van der Waals surface area contributed by atoms with Gasteiger partial charge in [-0.2, -0.15) is 0 Å². The minimum absolute atomic E-state index is 0.232. The van der Waals surface area contributed by atoms with Crippen LogP contribution < -0.4 is 0 Å². The van der Waals surface area contributed by atoms with Crippen molar-refractivity contribution in [2.45, 2.75) is 45.6 Å². The lowest BCUT2D eigenvalue weighted by Crippen LogP contribution is -2.13. The molecule has 0 fully saturated rings. The predicted octanol–water partition coefficient (Wildman–Crippen LogP) is 2.75. The van der Waals surface area contributed by atoms with Crippen LogP contribution in [0.2, 0.25) is 0 Å². The lowest BCUT2D eigenvalue weighted by molar-refractivity contribution is 0.143. The molecule has 1 N–H and O–H groups in total. The number of aliphatic hydroxyl groups excluding tert-OH is 1. The first-order valence-corrected chi connectivity index (χ1v) is 4.53. The van der Waals surface area contributed by atoms with Crippen molar-refractivity contribution >= 4 is 0 Å². The Morgan fingerprint density at radius 1 is 1.45 bits per heavy atom. The highest BCUT2D eigenvalue weighted by atomic mass is 16.3. The zero-order valence-electron chi connectivity index (χ0n) is 7.71. The molecule has 2 unspecified atom stereocenters. The maximum absolute atomic E-state index is 9.24. The first-order chi connectivity index (χ1) is 5.22. The molecule has 0 bridgehead atoms. The fourth-order valence-electron chi connectivity index (χ4n) is 1.19. The van der Waals surface area contributed by atoms with Crippen LogP contribution in [0.3, 0.4) is 0 Å². The van der Waals surface area contributed by atoms with E-state index in [4.69, 9.17) is 0 Å². The summed E-state index contributed by atoms with van der Waals surface area (Å²) in [4.78, 5) is 0. The predicted molar refractivity (Wildman–Crippen MR) is 49.5 cm³/mol. The summed E-state index contributed by atoms with van der Waals surface area (Å²) in [6, 6.07) is 0. The van der Waals surface area contributed by atoms with Crippen molar-refractivity contribution in [3.63, 3.8) is 0 Å². The molecule has 0 saturated carbocycles. The van der Waals surface area contributed by atoms with Gasteiger partial charge in [0.15, 0.2) is 0 Å². The molecule has 0 aromatic carbocycles. The van der Waals surface area contributed by atoms with Crippen LogP contribution >= 0.6 is 0 Å². The molecule has 0 aliphatic rings. The van der Waals surface area contributed by atoms with Crippen LogP contribution in [0.1, 0.15) is 39.5 Å². The van der Waals surface area contributed by atoms with Crippen molar-refractivity contribution in [1.29, 1.82) is 0 Å². The van der Waals surface area contributed by atoms with Crippen LogP contribution in [0.15, 0.2) is 12.7 Å². The molecule has 0 saturated heterocycles. The van der Waals surface area contributed by atoms with Gasteiger partial charge in [-0.05, 0) is 13.3 Å². The van der Waals surface area contributed by atoms with Crippen LogP contribution in [-0.2, 0) is 0 Å². The summed E-state index contributed by atoms with van der Waals surface area (Å²) in [6.07, 6.45) is 6.41. The van der Waals surface area contributed by atoms with E-state index < -0.39 is 0 Å². The van der Waals surface area contributed by atoms with Gasteiger partial charge in [0.2, 0.25) is 0 Å². The molecule has 0 spiro atoms.